The van der Waals surface area contributed by atoms with Gasteiger partial charge in [-0.2, -0.15) is 5.10 Å². The number of hydrogen-bond donors (Lipinski definition) is 2. The minimum absolute atomic E-state index is 0.0406. The van der Waals surface area contributed by atoms with Crippen molar-refractivity contribution in [1.82, 2.24) is 20.1 Å². The number of nitrogens with zero attached hydrogens (tertiary/aromatic N) is 3. The van der Waals surface area contributed by atoms with E-state index in [0.29, 0.717) is 16.3 Å². The summed E-state index contributed by atoms with van der Waals surface area (Å²) >= 11 is 1.30. The number of rotatable bonds is 5. The molecule has 8 heteroatoms. The number of hydrogen-bond acceptors (Lipinski definition) is 6. The molecule has 0 saturated carbocycles. The van der Waals surface area contributed by atoms with E-state index in [-0.39, 0.29) is 12.5 Å². The lowest BCUT2D eigenvalue weighted by atomic mass is 10.0. The first-order valence-electron chi connectivity index (χ1n) is 7.38. The van der Waals surface area contributed by atoms with Gasteiger partial charge < -0.3 is 14.8 Å². The van der Waals surface area contributed by atoms with Crippen LogP contribution in [0.15, 0.2) is 35.2 Å². The molecule has 0 fully saturated rings. The zero-order chi connectivity index (χ0) is 17.3. The monoisotopic (exact) mass is 346 g/mol. The lowest BCUT2D eigenvalue weighted by Crippen LogP contribution is -2.38. The molecule has 0 saturated heterocycles. The van der Waals surface area contributed by atoms with E-state index in [1.807, 2.05) is 13.2 Å². The quantitative estimate of drug-likeness (QED) is 0.738. The fraction of sp³-hybridized carbons (Fsp3) is 0.312. The molecule has 0 aliphatic heterocycles. The minimum Gasteiger partial charge on any atom is -0.466 e. The summed E-state index contributed by atoms with van der Waals surface area (Å²) in [5, 5.41) is 18.0. The molecular formula is C16H18N4O3S. The van der Waals surface area contributed by atoms with Crippen LogP contribution in [0, 0.1) is 6.92 Å². The van der Waals surface area contributed by atoms with E-state index in [4.69, 9.17) is 4.42 Å². The Kier molecular flexibility index (Phi) is 4.25. The average molecular weight is 346 g/mol. The van der Waals surface area contributed by atoms with Gasteiger partial charge in [0, 0.05) is 18.8 Å². The molecule has 1 unspecified atom stereocenters. The summed E-state index contributed by atoms with van der Waals surface area (Å²) in [6, 6.07) is 3.36. The highest BCUT2D eigenvalue weighted by Crippen LogP contribution is 2.27. The van der Waals surface area contributed by atoms with E-state index < -0.39 is 5.60 Å². The van der Waals surface area contributed by atoms with Gasteiger partial charge in [-0.25, -0.2) is 4.98 Å². The summed E-state index contributed by atoms with van der Waals surface area (Å²) in [7, 11) is 1.83. The van der Waals surface area contributed by atoms with Crippen molar-refractivity contribution in [3.63, 3.8) is 0 Å². The summed E-state index contributed by atoms with van der Waals surface area (Å²) in [4.78, 5) is 17.4. The van der Waals surface area contributed by atoms with Crippen LogP contribution in [0.25, 0.3) is 10.6 Å². The molecule has 126 valence electrons. The number of carbonyl (C=O) groups is 1. The second-order valence-electron chi connectivity index (χ2n) is 5.77. The van der Waals surface area contributed by atoms with Crippen LogP contribution in [-0.2, 0) is 12.6 Å². The van der Waals surface area contributed by atoms with Gasteiger partial charge in [0.05, 0.1) is 24.7 Å². The Labute approximate surface area is 143 Å². The molecule has 2 N–H and O–H groups in total. The molecule has 0 aliphatic rings. The number of aromatic nitrogens is 3. The summed E-state index contributed by atoms with van der Waals surface area (Å²) < 4.78 is 6.89. The minimum atomic E-state index is -1.27. The van der Waals surface area contributed by atoms with E-state index >= 15 is 0 Å². The zero-order valence-corrected chi connectivity index (χ0v) is 14.4. The van der Waals surface area contributed by atoms with Gasteiger partial charge in [-0.3, -0.25) is 9.48 Å². The van der Waals surface area contributed by atoms with Crippen molar-refractivity contribution < 1.29 is 14.3 Å². The maximum Gasteiger partial charge on any atom is 0.263 e. The zero-order valence-electron chi connectivity index (χ0n) is 13.6. The van der Waals surface area contributed by atoms with Crippen LogP contribution in [0.3, 0.4) is 0 Å². The van der Waals surface area contributed by atoms with Gasteiger partial charge in [-0.05, 0) is 26.0 Å². The predicted molar refractivity (Wildman–Crippen MR) is 89.7 cm³/mol. The van der Waals surface area contributed by atoms with Gasteiger partial charge >= 0.3 is 0 Å². The fourth-order valence-electron chi connectivity index (χ4n) is 2.27. The van der Waals surface area contributed by atoms with Gasteiger partial charge in [0.1, 0.15) is 21.2 Å². The standard InChI is InChI=1S/C16H18N4O3S/c1-10-13(24-15(19-10)11-7-18-20(3)8-11)14(21)17-9-16(2,22)12-5-4-6-23-12/h4-8,22H,9H2,1-3H3,(H,17,21). The number of carbonyl (C=O) groups excluding carboxylic acids is 1. The Bertz CT molecular complexity index is 849. The first-order chi connectivity index (χ1) is 11.4. The normalized spacial score (nSPS) is 13.7. The van der Waals surface area contributed by atoms with Crippen LogP contribution in [0.2, 0.25) is 0 Å². The first kappa shape index (κ1) is 16.4. The van der Waals surface area contributed by atoms with E-state index in [1.165, 1.54) is 17.6 Å². The van der Waals surface area contributed by atoms with E-state index in [1.54, 1.807) is 36.9 Å². The van der Waals surface area contributed by atoms with Gasteiger partial charge in [0.2, 0.25) is 0 Å². The molecule has 0 spiro atoms. The fourth-order valence-corrected chi connectivity index (χ4v) is 3.22. The molecule has 0 aromatic carbocycles. The molecule has 1 atom stereocenters. The van der Waals surface area contributed by atoms with E-state index in [0.717, 1.165) is 10.6 Å². The third-order valence-electron chi connectivity index (χ3n) is 3.60. The van der Waals surface area contributed by atoms with Gasteiger partial charge in [0.25, 0.3) is 5.91 Å². The molecule has 0 radical (unpaired) electrons. The average Bonchev–Trinajstić information content (AvgIpc) is 3.25. The molecule has 3 rings (SSSR count). The molecule has 3 aromatic heterocycles. The lowest BCUT2D eigenvalue weighted by molar-refractivity contribution is 0.0331. The van der Waals surface area contributed by atoms with Crippen molar-refractivity contribution in [2.24, 2.45) is 7.05 Å². The molecule has 3 aromatic rings. The lowest BCUT2D eigenvalue weighted by Gasteiger charge is -2.20. The predicted octanol–water partition coefficient (Wildman–Crippen LogP) is 2.08. The molecular weight excluding hydrogens is 328 g/mol. The van der Waals surface area contributed by atoms with Crippen molar-refractivity contribution in [3.8, 4) is 10.6 Å². The third kappa shape index (κ3) is 3.24. The SMILES string of the molecule is Cc1nc(-c2cnn(C)c2)sc1C(=O)NCC(C)(O)c1ccco1. The van der Waals surface area contributed by atoms with Crippen molar-refractivity contribution in [1.29, 1.82) is 0 Å². The summed E-state index contributed by atoms with van der Waals surface area (Å²) in [6.07, 6.45) is 5.04. The van der Waals surface area contributed by atoms with Gasteiger partial charge in [-0.1, -0.05) is 0 Å². The Morgan fingerprint density at radius 1 is 1.54 bits per heavy atom. The topological polar surface area (TPSA) is 93.2 Å². The van der Waals surface area contributed by atoms with Gasteiger partial charge in [0.15, 0.2) is 0 Å². The third-order valence-corrected chi connectivity index (χ3v) is 4.81. The van der Waals surface area contributed by atoms with Crippen LogP contribution in [0.4, 0.5) is 0 Å². The second kappa shape index (κ2) is 6.21. The molecule has 1 amide bonds. The smallest absolute Gasteiger partial charge is 0.263 e. The molecule has 7 nitrogen and oxygen atoms in total. The van der Waals surface area contributed by atoms with Gasteiger partial charge in [-0.15, -0.1) is 11.3 Å². The Morgan fingerprint density at radius 2 is 2.33 bits per heavy atom. The first-order valence-corrected chi connectivity index (χ1v) is 8.19. The van der Waals surface area contributed by atoms with Crippen LogP contribution in [-0.4, -0.2) is 32.3 Å². The summed E-state index contributed by atoms with van der Waals surface area (Å²) in [5.41, 5.74) is 0.241. The highest BCUT2D eigenvalue weighted by Gasteiger charge is 2.28. The molecule has 3 heterocycles. The van der Waals surface area contributed by atoms with Crippen molar-refractivity contribution in [2.45, 2.75) is 19.4 Å². The highest BCUT2D eigenvalue weighted by molar-refractivity contribution is 7.17. The summed E-state index contributed by atoms with van der Waals surface area (Å²) in [6.45, 7) is 3.42. The maximum atomic E-state index is 12.4. The number of furan rings is 1. The van der Waals surface area contributed by atoms with Crippen LogP contribution >= 0.6 is 11.3 Å². The van der Waals surface area contributed by atoms with Crippen molar-refractivity contribution in [2.75, 3.05) is 6.54 Å². The number of aryl methyl sites for hydroxylation is 2. The largest absolute Gasteiger partial charge is 0.466 e. The van der Waals surface area contributed by atoms with Crippen LogP contribution < -0.4 is 5.32 Å². The Balaban J connectivity index is 1.73. The van der Waals surface area contributed by atoms with E-state index in [2.05, 4.69) is 15.4 Å². The summed E-state index contributed by atoms with van der Waals surface area (Å²) in [5.74, 6) is 0.131. The maximum absolute atomic E-state index is 12.4. The second-order valence-corrected chi connectivity index (χ2v) is 6.77. The van der Waals surface area contributed by atoms with Crippen molar-refractivity contribution in [3.05, 3.63) is 47.1 Å². The van der Waals surface area contributed by atoms with E-state index in [9.17, 15) is 9.90 Å². The number of aliphatic hydroxyl groups is 1. The van der Waals surface area contributed by atoms with Crippen LogP contribution in [0.5, 0.6) is 0 Å². The number of thiazole rings is 1. The highest BCUT2D eigenvalue weighted by atomic mass is 32.1. The molecule has 0 bridgehead atoms. The number of nitrogens with one attached hydrogen (secondary N) is 1. The molecule has 24 heavy (non-hydrogen) atoms. The Hall–Kier alpha value is -2.45. The van der Waals surface area contributed by atoms with Crippen LogP contribution in [0.1, 0.15) is 28.0 Å². The molecule has 0 aliphatic carbocycles. The number of amides is 1. The van der Waals surface area contributed by atoms with Crippen molar-refractivity contribution >= 4 is 17.2 Å². The Morgan fingerprint density at radius 3 is 2.96 bits per heavy atom.